The van der Waals surface area contributed by atoms with Crippen LogP contribution in [0.5, 0.6) is 0 Å². The van der Waals surface area contributed by atoms with Gasteiger partial charge in [-0.1, -0.05) is 31.0 Å². The van der Waals surface area contributed by atoms with Crippen molar-refractivity contribution in [3.8, 4) is 0 Å². The van der Waals surface area contributed by atoms with Gasteiger partial charge in [0.05, 0.1) is 13.2 Å². The van der Waals surface area contributed by atoms with Crippen molar-refractivity contribution in [2.45, 2.75) is 38.1 Å². The van der Waals surface area contributed by atoms with Crippen LogP contribution < -0.4 is 0 Å². The Labute approximate surface area is 119 Å². The number of rotatable bonds is 7. The maximum Gasteiger partial charge on any atom is 0.151 e. The zero-order valence-electron chi connectivity index (χ0n) is 11.7. The van der Waals surface area contributed by atoms with Gasteiger partial charge in [0.15, 0.2) is 5.78 Å². The Balaban J connectivity index is 1.92. The fourth-order valence-corrected chi connectivity index (χ4v) is 2.93. The monoisotopic (exact) mass is 279 g/mol. The lowest BCUT2D eigenvalue weighted by molar-refractivity contribution is -0.120. The second-order valence-corrected chi connectivity index (χ2v) is 5.44. The molecule has 1 saturated carbocycles. The van der Waals surface area contributed by atoms with E-state index in [1.807, 2.05) is 0 Å². The van der Waals surface area contributed by atoms with Crippen molar-refractivity contribution in [2.24, 2.45) is 0 Å². The molecule has 0 heterocycles. The molecule has 1 aliphatic rings. The Morgan fingerprint density at radius 3 is 2.65 bits per heavy atom. The molecule has 0 bridgehead atoms. The van der Waals surface area contributed by atoms with Crippen LogP contribution in [0.15, 0.2) is 24.3 Å². The summed E-state index contributed by atoms with van der Waals surface area (Å²) in [6.45, 7) is 0.886. The third-order valence-corrected chi connectivity index (χ3v) is 3.95. The van der Waals surface area contributed by atoms with Crippen LogP contribution in [0.1, 0.15) is 31.2 Å². The van der Waals surface area contributed by atoms with Gasteiger partial charge in [0.25, 0.3) is 0 Å². The fourth-order valence-electron chi connectivity index (χ4n) is 2.93. The highest BCUT2D eigenvalue weighted by atomic mass is 19.1. The zero-order chi connectivity index (χ0) is 14.4. The number of aliphatic hydroxyl groups is 1. The second kappa shape index (κ2) is 7.50. The molecular formula is C16H22FNO2. The lowest BCUT2D eigenvalue weighted by atomic mass is 10.1. The van der Waals surface area contributed by atoms with Crippen LogP contribution in [0.3, 0.4) is 0 Å². The average molecular weight is 279 g/mol. The maximum absolute atomic E-state index is 13.5. The highest BCUT2D eigenvalue weighted by Gasteiger charge is 2.24. The number of carbonyl (C=O) groups is 1. The van der Waals surface area contributed by atoms with Gasteiger partial charge in [0.1, 0.15) is 5.82 Å². The van der Waals surface area contributed by atoms with Crippen molar-refractivity contribution >= 4 is 5.78 Å². The molecule has 4 heteroatoms. The van der Waals surface area contributed by atoms with E-state index < -0.39 is 0 Å². The zero-order valence-corrected chi connectivity index (χ0v) is 11.7. The van der Waals surface area contributed by atoms with Crippen LogP contribution in [-0.4, -0.2) is 41.5 Å². The maximum atomic E-state index is 13.5. The molecule has 20 heavy (non-hydrogen) atoms. The molecule has 0 spiro atoms. The average Bonchev–Trinajstić information content (AvgIpc) is 2.95. The van der Waals surface area contributed by atoms with Crippen molar-refractivity contribution in [2.75, 3.05) is 19.7 Å². The highest BCUT2D eigenvalue weighted by molar-refractivity contribution is 5.82. The van der Waals surface area contributed by atoms with Crippen LogP contribution in [0, 0.1) is 5.82 Å². The van der Waals surface area contributed by atoms with E-state index in [1.54, 1.807) is 18.2 Å². The molecule has 3 nitrogen and oxygen atoms in total. The summed E-state index contributed by atoms with van der Waals surface area (Å²) in [4.78, 5) is 14.2. The minimum atomic E-state index is -0.324. The first-order valence-corrected chi connectivity index (χ1v) is 7.30. The molecule has 2 rings (SSSR count). The highest BCUT2D eigenvalue weighted by Crippen LogP contribution is 2.23. The van der Waals surface area contributed by atoms with Crippen LogP contribution in [0.4, 0.5) is 4.39 Å². The van der Waals surface area contributed by atoms with E-state index in [2.05, 4.69) is 4.90 Å². The molecule has 0 amide bonds. The van der Waals surface area contributed by atoms with Gasteiger partial charge < -0.3 is 5.11 Å². The van der Waals surface area contributed by atoms with E-state index in [4.69, 9.17) is 5.11 Å². The number of benzene rings is 1. The Kier molecular flexibility index (Phi) is 5.68. The van der Waals surface area contributed by atoms with Gasteiger partial charge >= 0.3 is 0 Å². The van der Waals surface area contributed by atoms with Crippen molar-refractivity contribution in [3.05, 3.63) is 35.6 Å². The molecule has 1 aromatic carbocycles. The topological polar surface area (TPSA) is 40.5 Å². The molecule has 1 aromatic rings. The summed E-state index contributed by atoms with van der Waals surface area (Å²) in [5.41, 5.74) is 0.452. The number of nitrogens with zero attached hydrogens (tertiary/aromatic N) is 1. The lowest BCUT2D eigenvalue weighted by Gasteiger charge is -2.27. The Morgan fingerprint density at radius 1 is 1.30 bits per heavy atom. The summed E-state index contributed by atoms with van der Waals surface area (Å²) in [6, 6.07) is 6.80. The number of hydrogen-bond acceptors (Lipinski definition) is 3. The van der Waals surface area contributed by atoms with Crippen molar-refractivity contribution < 1.29 is 14.3 Å². The van der Waals surface area contributed by atoms with Crippen LogP contribution in [-0.2, 0) is 11.2 Å². The summed E-state index contributed by atoms with van der Waals surface area (Å²) in [7, 11) is 0. The number of ketones is 1. The fraction of sp³-hybridized carbons (Fsp3) is 0.562. The third-order valence-electron chi connectivity index (χ3n) is 3.95. The Morgan fingerprint density at radius 2 is 2.00 bits per heavy atom. The molecule has 1 N–H and O–H groups in total. The molecule has 110 valence electrons. The van der Waals surface area contributed by atoms with Gasteiger partial charge in [0, 0.05) is 19.0 Å². The molecule has 0 unspecified atom stereocenters. The molecule has 0 radical (unpaired) electrons. The Bertz CT molecular complexity index is 444. The Hall–Kier alpha value is -1.26. The minimum Gasteiger partial charge on any atom is -0.395 e. The smallest absolute Gasteiger partial charge is 0.151 e. The SMILES string of the molecule is O=C(Cc1ccccc1F)CN(CCO)C1CCCC1. The van der Waals surface area contributed by atoms with Crippen LogP contribution in [0.2, 0.25) is 0 Å². The second-order valence-electron chi connectivity index (χ2n) is 5.44. The van der Waals surface area contributed by atoms with E-state index in [1.165, 1.54) is 18.9 Å². The van der Waals surface area contributed by atoms with E-state index in [9.17, 15) is 9.18 Å². The van der Waals surface area contributed by atoms with Gasteiger partial charge in [-0.15, -0.1) is 0 Å². The number of Topliss-reactive ketones (excluding diaryl/α,β-unsaturated/α-hetero) is 1. The summed E-state index contributed by atoms with van der Waals surface area (Å²) in [5.74, 6) is -0.314. The molecule has 0 aromatic heterocycles. The van der Waals surface area contributed by atoms with Crippen LogP contribution >= 0.6 is 0 Å². The predicted octanol–water partition coefficient (Wildman–Crippen LogP) is 2.17. The van der Waals surface area contributed by atoms with Gasteiger partial charge in [-0.05, 0) is 24.5 Å². The van der Waals surface area contributed by atoms with E-state index in [-0.39, 0.29) is 24.6 Å². The van der Waals surface area contributed by atoms with Crippen molar-refractivity contribution in [3.63, 3.8) is 0 Å². The first-order valence-electron chi connectivity index (χ1n) is 7.30. The van der Waals surface area contributed by atoms with Crippen molar-refractivity contribution in [1.82, 2.24) is 4.90 Å². The molecular weight excluding hydrogens is 257 g/mol. The molecule has 0 atom stereocenters. The molecule has 1 aliphatic carbocycles. The molecule has 0 saturated heterocycles. The number of aliphatic hydroxyl groups excluding tert-OH is 1. The normalized spacial score (nSPS) is 15.9. The summed E-state index contributed by atoms with van der Waals surface area (Å²) < 4.78 is 13.5. The van der Waals surface area contributed by atoms with Gasteiger partial charge in [0.2, 0.25) is 0 Å². The van der Waals surface area contributed by atoms with E-state index in [0.29, 0.717) is 24.7 Å². The van der Waals surface area contributed by atoms with Crippen LogP contribution in [0.25, 0.3) is 0 Å². The third kappa shape index (κ3) is 4.12. The van der Waals surface area contributed by atoms with Gasteiger partial charge in [-0.2, -0.15) is 0 Å². The predicted molar refractivity (Wildman–Crippen MR) is 76.0 cm³/mol. The summed E-state index contributed by atoms with van der Waals surface area (Å²) in [5, 5.41) is 9.13. The van der Waals surface area contributed by atoms with E-state index in [0.717, 1.165) is 12.8 Å². The number of halogens is 1. The standard InChI is InChI=1S/C16H22FNO2/c17-16-8-4-1-5-13(16)11-15(20)12-18(9-10-19)14-6-2-3-7-14/h1,4-5,8,14,19H,2-3,6-7,9-12H2. The summed E-state index contributed by atoms with van der Waals surface area (Å²) >= 11 is 0. The number of hydrogen-bond donors (Lipinski definition) is 1. The van der Waals surface area contributed by atoms with E-state index >= 15 is 0 Å². The van der Waals surface area contributed by atoms with Crippen molar-refractivity contribution in [1.29, 1.82) is 0 Å². The first kappa shape index (κ1) is 15.1. The largest absolute Gasteiger partial charge is 0.395 e. The lowest BCUT2D eigenvalue weighted by Crippen LogP contribution is -2.40. The number of carbonyl (C=O) groups excluding carboxylic acids is 1. The van der Waals surface area contributed by atoms with Gasteiger partial charge in [-0.3, -0.25) is 9.69 Å². The molecule has 0 aliphatic heterocycles. The molecule has 1 fully saturated rings. The quantitative estimate of drug-likeness (QED) is 0.831. The first-order chi connectivity index (χ1) is 9.70. The summed E-state index contributed by atoms with van der Waals surface area (Å²) in [6.07, 6.45) is 4.68. The minimum absolute atomic E-state index is 0.00968. The van der Waals surface area contributed by atoms with Gasteiger partial charge in [-0.25, -0.2) is 4.39 Å².